The van der Waals surface area contributed by atoms with Crippen molar-refractivity contribution in [3.8, 4) is 0 Å². The van der Waals surface area contributed by atoms with Crippen LogP contribution < -0.4 is 5.73 Å². The van der Waals surface area contributed by atoms with E-state index in [0.29, 0.717) is 6.42 Å². The van der Waals surface area contributed by atoms with Gasteiger partial charge < -0.3 is 10.8 Å². The Labute approximate surface area is 110 Å². The molecule has 1 unspecified atom stereocenters. The zero-order chi connectivity index (χ0) is 12.6. The molecule has 0 aliphatic rings. The zero-order valence-corrected chi connectivity index (χ0v) is 11.7. The van der Waals surface area contributed by atoms with Gasteiger partial charge in [0, 0.05) is 12.3 Å². The van der Waals surface area contributed by atoms with E-state index < -0.39 is 5.97 Å². The minimum absolute atomic E-state index is 0. The first-order chi connectivity index (χ1) is 7.51. The average Bonchev–Trinajstić information content (AvgIpc) is 2.17. The molecule has 0 aromatic rings. The molecule has 0 saturated carbocycles. The van der Waals surface area contributed by atoms with Crippen LogP contribution in [0.5, 0.6) is 0 Å². The van der Waals surface area contributed by atoms with Gasteiger partial charge in [-0.1, -0.05) is 26.7 Å². The normalized spacial score (nSPS) is 13.5. The lowest BCUT2D eigenvalue weighted by molar-refractivity contribution is -0.138. The van der Waals surface area contributed by atoms with E-state index in [4.69, 9.17) is 10.8 Å². The summed E-state index contributed by atoms with van der Waals surface area (Å²) in [7, 11) is 0. The van der Waals surface area contributed by atoms with Crippen molar-refractivity contribution in [3.63, 3.8) is 0 Å². The molecule has 0 aromatic heterocycles. The monoisotopic (exact) mass is 263 g/mol. The van der Waals surface area contributed by atoms with Gasteiger partial charge in [0.05, 0.1) is 0 Å². The van der Waals surface area contributed by atoms with Crippen LogP contribution >= 0.6 is 13.5 Å². The third kappa shape index (κ3) is 9.03. The Morgan fingerprint density at radius 1 is 1.18 bits per heavy atom. The molecule has 3 N–H and O–H groups in total. The van der Waals surface area contributed by atoms with E-state index in [1.54, 1.807) is 0 Å². The predicted octanol–water partition coefficient (Wildman–Crippen LogP) is 2.28. The Hall–Kier alpha value is -0.710. The van der Waals surface area contributed by atoms with Gasteiger partial charge in [-0.2, -0.15) is 13.5 Å². The molecule has 0 bridgehead atoms. The second kappa shape index (κ2) is 10.4. The van der Waals surface area contributed by atoms with Crippen molar-refractivity contribution in [2.75, 3.05) is 0 Å². The molecule has 0 aliphatic heterocycles. The largest absolute Gasteiger partial charge is 0.481 e. The fraction of sp³-hybridized carbons (Fsp3) is 0.833. The van der Waals surface area contributed by atoms with Crippen molar-refractivity contribution in [1.29, 1.82) is 0 Å². The summed E-state index contributed by atoms with van der Waals surface area (Å²) < 4.78 is 0. The SMILES string of the molecule is CCCC(CC[C@@H](CC)C(N)=O)CC(=O)O.S. The zero-order valence-electron chi connectivity index (χ0n) is 10.7. The van der Waals surface area contributed by atoms with Crippen LogP contribution in [0.1, 0.15) is 52.4 Å². The highest BCUT2D eigenvalue weighted by atomic mass is 32.1. The number of amides is 1. The lowest BCUT2D eigenvalue weighted by atomic mass is 9.89. The molecule has 4 nitrogen and oxygen atoms in total. The topological polar surface area (TPSA) is 80.4 Å². The number of nitrogens with two attached hydrogens (primary N) is 1. The van der Waals surface area contributed by atoms with E-state index in [0.717, 1.165) is 25.7 Å². The first kappa shape index (κ1) is 18.6. The molecule has 0 fully saturated rings. The molecule has 17 heavy (non-hydrogen) atoms. The summed E-state index contributed by atoms with van der Waals surface area (Å²) in [6.45, 7) is 3.97. The van der Waals surface area contributed by atoms with Gasteiger partial charge >= 0.3 is 5.97 Å². The molecule has 102 valence electrons. The maximum absolute atomic E-state index is 11.0. The van der Waals surface area contributed by atoms with Crippen LogP contribution in [0.4, 0.5) is 0 Å². The second-order valence-electron chi connectivity index (χ2n) is 4.34. The van der Waals surface area contributed by atoms with Crippen molar-refractivity contribution in [2.24, 2.45) is 17.6 Å². The van der Waals surface area contributed by atoms with Crippen LogP contribution in [0.25, 0.3) is 0 Å². The van der Waals surface area contributed by atoms with E-state index in [-0.39, 0.29) is 37.7 Å². The smallest absolute Gasteiger partial charge is 0.303 e. The van der Waals surface area contributed by atoms with Crippen LogP contribution in [0.3, 0.4) is 0 Å². The van der Waals surface area contributed by atoms with Crippen LogP contribution in [0.15, 0.2) is 0 Å². The first-order valence-corrected chi connectivity index (χ1v) is 6.02. The van der Waals surface area contributed by atoms with Crippen molar-refractivity contribution >= 4 is 25.4 Å². The molecular formula is C12H25NO3S. The van der Waals surface area contributed by atoms with E-state index in [9.17, 15) is 9.59 Å². The Morgan fingerprint density at radius 2 is 1.76 bits per heavy atom. The van der Waals surface area contributed by atoms with Gasteiger partial charge in [-0.05, 0) is 25.2 Å². The molecule has 0 aromatic carbocycles. The predicted molar refractivity (Wildman–Crippen MR) is 73.2 cm³/mol. The van der Waals surface area contributed by atoms with E-state index in [1.807, 2.05) is 13.8 Å². The highest BCUT2D eigenvalue weighted by Gasteiger charge is 2.17. The first-order valence-electron chi connectivity index (χ1n) is 6.02. The van der Waals surface area contributed by atoms with Gasteiger partial charge in [0.2, 0.25) is 5.91 Å². The van der Waals surface area contributed by atoms with Crippen LogP contribution in [0.2, 0.25) is 0 Å². The maximum atomic E-state index is 11.0. The van der Waals surface area contributed by atoms with Crippen molar-refractivity contribution in [1.82, 2.24) is 0 Å². The number of carboxylic acids is 1. The standard InChI is InChI=1S/C12H23NO3.H2S/c1-3-5-9(8-11(14)15)6-7-10(4-2)12(13)16;/h9-10H,3-8H2,1-2H3,(H2,13,16)(H,14,15);1H2/t9?,10-;/m1./s1. The van der Waals surface area contributed by atoms with Crippen molar-refractivity contribution < 1.29 is 14.7 Å². The summed E-state index contributed by atoms with van der Waals surface area (Å²) in [6, 6.07) is 0. The molecule has 5 heteroatoms. The number of hydrogen-bond donors (Lipinski definition) is 2. The lowest BCUT2D eigenvalue weighted by Gasteiger charge is -2.16. The third-order valence-corrected chi connectivity index (χ3v) is 2.98. The second-order valence-corrected chi connectivity index (χ2v) is 4.34. The maximum Gasteiger partial charge on any atom is 0.303 e. The van der Waals surface area contributed by atoms with Crippen LogP contribution in [-0.2, 0) is 9.59 Å². The van der Waals surface area contributed by atoms with Gasteiger partial charge in [0.25, 0.3) is 0 Å². The molecule has 2 atom stereocenters. The third-order valence-electron chi connectivity index (χ3n) is 2.98. The summed E-state index contributed by atoms with van der Waals surface area (Å²) in [5.41, 5.74) is 5.25. The molecule has 0 spiro atoms. The Kier molecular flexibility index (Phi) is 11.5. The number of hydrogen-bond acceptors (Lipinski definition) is 2. The lowest BCUT2D eigenvalue weighted by Crippen LogP contribution is -2.23. The number of carboxylic acid groups (broad SMARTS) is 1. The summed E-state index contributed by atoms with van der Waals surface area (Å²) in [5, 5.41) is 8.75. The summed E-state index contributed by atoms with van der Waals surface area (Å²) >= 11 is 0. The fourth-order valence-corrected chi connectivity index (χ4v) is 1.99. The van der Waals surface area contributed by atoms with Crippen molar-refractivity contribution in [3.05, 3.63) is 0 Å². The van der Waals surface area contributed by atoms with Gasteiger partial charge in [-0.15, -0.1) is 0 Å². The Bertz CT molecular complexity index is 234. The molecule has 0 radical (unpaired) electrons. The number of carbonyl (C=O) groups excluding carboxylic acids is 1. The Balaban J connectivity index is 0. The fourth-order valence-electron chi connectivity index (χ4n) is 1.99. The summed E-state index contributed by atoms with van der Waals surface area (Å²) in [6.07, 6.45) is 4.31. The van der Waals surface area contributed by atoms with E-state index in [2.05, 4.69) is 0 Å². The number of carbonyl (C=O) groups is 2. The van der Waals surface area contributed by atoms with Crippen LogP contribution in [0, 0.1) is 11.8 Å². The van der Waals surface area contributed by atoms with E-state index in [1.165, 1.54) is 0 Å². The quantitative estimate of drug-likeness (QED) is 0.669. The highest BCUT2D eigenvalue weighted by molar-refractivity contribution is 7.59. The molecule has 0 aliphatic carbocycles. The summed E-state index contributed by atoms with van der Waals surface area (Å²) in [5.74, 6) is -0.956. The van der Waals surface area contributed by atoms with Crippen molar-refractivity contribution in [2.45, 2.75) is 52.4 Å². The van der Waals surface area contributed by atoms with Gasteiger partial charge in [-0.3, -0.25) is 9.59 Å². The molecule has 0 rings (SSSR count). The highest BCUT2D eigenvalue weighted by Crippen LogP contribution is 2.22. The molecule has 0 saturated heterocycles. The van der Waals surface area contributed by atoms with Gasteiger partial charge in [0.1, 0.15) is 0 Å². The molecular weight excluding hydrogens is 238 g/mol. The van der Waals surface area contributed by atoms with E-state index >= 15 is 0 Å². The van der Waals surface area contributed by atoms with Gasteiger partial charge in [-0.25, -0.2) is 0 Å². The summed E-state index contributed by atoms with van der Waals surface area (Å²) in [4.78, 5) is 21.7. The number of aliphatic carboxylic acids is 1. The minimum Gasteiger partial charge on any atom is -0.481 e. The average molecular weight is 263 g/mol. The Morgan fingerprint density at radius 3 is 2.12 bits per heavy atom. The number of rotatable bonds is 9. The molecule has 0 heterocycles. The van der Waals surface area contributed by atoms with Gasteiger partial charge in [0.15, 0.2) is 0 Å². The molecule has 1 amide bonds. The number of primary amides is 1. The minimum atomic E-state index is -0.759. The van der Waals surface area contributed by atoms with Crippen LogP contribution in [-0.4, -0.2) is 17.0 Å².